The van der Waals surface area contributed by atoms with Gasteiger partial charge in [0, 0.05) is 24.1 Å². The molecule has 0 bridgehead atoms. The highest BCUT2D eigenvalue weighted by Gasteiger charge is 2.30. The lowest BCUT2D eigenvalue weighted by molar-refractivity contribution is 0.437. The predicted molar refractivity (Wildman–Crippen MR) is 66.1 cm³/mol. The summed E-state index contributed by atoms with van der Waals surface area (Å²) in [6.45, 7) is 4.53. The molecular weight excluding hydrogens is 192 g/mol. The SMILES string of the molecule is CCNC(CSCCN(C)C)C1CC1. The molecule has 0 aromatic rings. The molecule has 0 aliphatic heterocycles. The zero-order valence-corrected chi connectivity index (χ0v) is 10.6. The van der Waals surface area contributed by atoms with Crippen molar-refractivity contribution in [1.29, 1.82) is 0 Å². The van der Waals surface area contributed by atoms with E-state index < -0.39 is 0 Å². The van der Waals surface area contributed by atoms with Gasteiger partial charge in [-0.05, 0) is 39.4 Å². The van der Waals surface area contributed by atoms with Crippen LogP contribution in [-0.2, 0) is 0 Å². The summed E-state index contributed by atoms with van der Waals surface area (Å²) in [7, 11) is 4.28. The van der Waals surface area contributed by atoms with Crippen LogP contribution in [0.15, 0.2) is 0 Å². The minimum Gasteiger partial charge on any atom is -0.313 e. The van der Waals surface area contributed by atoms with Crippen LogP contribution in [0.25, 0.3) is 0 Å². The Morgan fingerprint density at radius 3 is 2.64 bits per heavy atom. The summed E-state index contributed by atoms with van der Waals surface area (Å²) >= 11 is 2.09. The van der Waals surface area contributed by atoms with E-state index in [-0.39, 0.29) is 0 Å². The van der Waals surface area contributed by atoms with Gasteiger partial charge in [-0.1, -0.05) is 6.92 Å². The molecule has 1 saturated carbocycles. The van der Waals surface area contributed by atoms with Gasteiger partial charge in [0.05, 0.1) is 0 Å². The van der Waals surface area contributed by atoms with Crippen molar-refractivity contribution in [2.75, 3.05) is 38.7 Å². The Balaban J connectivity index is 2.01. The van der Waals surface area contributed by atoms with E-state index in [0.717, 1.165) is 18.5 Å². The van der Waals surface area contributed by atoms with Crippen molar-refractivity contribution in [3.63, 3.8) is 0 Å². The lowest BCUT2D eigenvalue weighted by Crippen LogP contribution is -2.33. The summed E-state index contributed by atoms with van der Waals surface area (Å²) in [5.74, 6) is 3.55. The molecule has 1 N–H and O–H groups in total. The van der Waals surface area contributed by atoms with Crippen molar-refractivity contribution in [1.82, 2.24) is 10.2 Å². The molecule has 1 aliphatic rings. The van der Waals surface area contributed by atoms with E-state index in [9.17, 15) is 0 Å². The van der Waals surface area contributed by atoms with Gasteiger partial charge in [-0.25, -0.2) is 0 Å². The van der Waals surface area contributed by atoms with Crippen LogP contribution >= 0.6 is 11.8 Å². The van der Waals surface area contributed by atoms with Gasteiger partial charge in [0.25, 0.3) is 0 Å². The van der Waals surface area contributed by atoms with Gasteiger partial charge in [-0.3, -0.25) is 0 Å². The third-order valence-electron chi connectivity index (χ3n) is 2.64. The number of thioether (sulfide) groups is 1. The standard InChI is InChI=1S/C11H24N2S/c1-4-12-11(10-5-6-10)9-14-8-7-13(2)3/h10-12H,4-9H2,1-3H3. The fraction of sp³-hybridized carbons (Fsp3) is 1.00. The maximum atomic E-state index is 3.60. The second kappa shape index (κ2) is 6.70. The number of nitrogens with one attached hydrogen (secondary N) is 1. The number of rotatable bonds is 8. The Labute approximate surface area is 92.8 Å². The zero-order valence-electron chi connectivity index (χ0n) is 9.75. The maximum absolute atomic E-state index is 3.60. The van der Waals surface area contributed by atoms with Gasteiger partial charge in [0.1, 0.15) is 0 Å². The topological polar surface area (TPSA) is 15.3 Å². The summed E-state index contributed by atoms with van der Waals surface area (Å²) in [5.41, 5.74) is 0. The lowest BCUT2D eigenvalue weighted by Gasteiger charge is -2.17. The van der Waals surface area contributed by atoms with Gasteiger partial charge in [0.15, 0.2) is 0 Å². The van der Waals surface area contributed by atoms with Crippen LogP contribution < -0.4 is 5.32 Å². The van der Waals surface area contributed by atoms with Crippen LogP contribution in [0.2, 0.25) is 0 Å². The van der Waals surface area contributed by atoms with Gasteiger partial charge in [-0.15, -0.1) is 0 Å². The van der Waals surface area contributed by atoms with E-state index in [1.165, 1.54) is 30.9 Å². The summed E-state index contributed by atoms with van der Waals surface area (Å²) in [4.78, 5) is 2.26. The second-order valence-electron chi connectivity index (χ2n) is 4.38. The van der Waals surface area contributed by atoms with E-state index in [4.69, 9.17) is 0 Å². The molecule has 1 unspecified atom stereocenters. The molecule has 14 heavy (non-hydrogen) atoms. The molecule has 0 amide bonds. The minimum atomic E-state index is 0.784. The molecule has 1 atom stereocenters. The smallest absolute Gasteiger partial charge is 0.0186 e. The highest BCUT2D eigenvalue weighted by molar-refractivity contribution is 7.99. The second-order valence-corrected chi connectivity index (χ2v) is 5.53. The predicted octanol–water partition coefficient (Wildman–Crippen LogP) is 1.67. The highest BCUT2D eigenvalue weighted by atomic mass is 32.2. The van der Waals surface area contributed by atoms with Crippen molar-refractivity contribution in [3.05, 3.63) is 0 Å². The molecule has 0 aromatic carbocycles. The molecule has 1 aliphatic carbocycles. The molecule has 2 nitrogen and oxygen atoms in total. The van der Waals surface area contributed by atoms with Gasteiger partial charge in [0.2, 0.25) is 0 Å². The Bertz CT molecular complexity index is 146. The van der Waals surface area contributed by atoms with E-state index in [2.05, 4.69) is 43.0 Å². The van der Waals surface area contributed by atoms with Gasteiger partial charge in [-0.2, -0.15) is 11.8 Å². The van der Waals surface area contributed by atoms with Crippen LogP contribution in [0.4, 0.5) is 0 Å². The molecule has 84 valence electrons. The van der Waals surface area contributed by atoms with Crippen LogP contribution in [0.5, 0.6) is 0 Å². The average molecular weight is 216 g/mol. The first-order valence-electron chi connectivity index (χ1n) is 5.70. The van der Waals surface area contributed by atoms with Gasteiger partial charge >= 0.3 is 0 Å². The van der Waals surface area contributed by atoms with Crippen molar-refractivity contribution in [3.8, 4) is 0 Å². The maximum Gasteiger partial charge on any atom is 0.0186 e. The fourth-order valence-corrected chi connectivity index (χ4v) is 2.88. The van der Waals surface area contributed by atoms with E-state index in [1.54, 1.807) is 0 Å². The molecule has 1 fully saturated rings. The van der Waals surface area contributed by atoms with E-state index >= 15 is 0 Å². The number of hydrogen-bond donors (Lipinski definition) is 1. The fourth-order valence-electron chi connectivity index (χ4n) is 1.58. The first kappa shape index (κ1) is 12.3. The minimum absolute atomic E-state index is 0.784. The van der Waals surface area contributed by atoms with Crippen molar-refractivity contribution >= 4 is 11.8 Å². The summed E-state index contributed by atoms with van der Waals surface area (Å²) in [6.07, 6.45) is 2.90. The Kier molecular flexibility index (Phi) is 5.90. The third kappa shape index (κ3) is 5.23. The summed E-state index contributed by atoms with van der Waals surface area (Å²) in [5, 5.41) is 3.60. The first-order valence-corrected chi connectivity index (χ1v) is 6.85. The molecular formula is C11H24N2S. The molecule has 3 heteroatoms. The molecule has 1 rings (SSSR count). The Morgan fingerprint density at radius 1 is 1.43 bits per heavy atom. The average Bonchev–Trinajstić information content (AvgIpc) is 2.93. The summed E-state index contributed by atoms with van der Waals surface area (Å²) < 4.78 is 0. The monoisotopic (exact) mass is 216 g/mol. The lowest BCUT2D eigenvalue weighted by atomic mass is 10.2. The van der Waals surface area contributed by atoms with E-state index in [0.29, 0.717) is 0 Å². The largest absolute Gasteiger partial charge is 0.313 e. The zero-order chi connectivity index (χ0) is 10.4. The van der Waals surface area contributed by atoms with Crippen molar-refractivity contribution in [2.45, 2.75) is 25.8 Å². The highest BCUT2D eigenvalue weighted by Crippen LogP contribution is 2.33. The quantitative estimate of drug-likeness (QED) is 0.621. The number of hydrogen-bond acceptors (Lipinski definition) is 3. The van der Waals surface area contributed by atoms with Crippen molar-refractivity contribution < 1.29 is 0 Å². The molecule has 0 aromatic heterocycles. The first-order chi connectivity index (χ1) is 6.74. The molecule has 0 radical (unpaired) electrons. The number of nitrogens with zero attached hydrogens (tertiary/aromatic N) is 1. The molecule has 0 saturated heterocycles. The van der Waals surface area contributed by atoms with Gasteiger partial charge < -0.3 is 10.2 Å². The third-order valence-corrected chi connectivity index (χ3v) is 3.70. The van der Waals surface area contributed by atoms with Crippen LogP contribution in [0, 0.1) is 5.92 Å². The van der Waals surface area contributed by atoms with Crippen molar-refractivity contribution in [2.24, 2.45) is 5.92 Å². The molecule has 0 heterocycles. The molecule has 0 spiro atoms. The van der Waals surface area contributed by atoms with Crippen LogP contribution in [0.3, 0.4) is 0 Å². The van der Waals surface area contributed by atoms with Crippen LogP contribution in [-0.4, -0.2) is 49.6 Å². The summed E-state index contributed by atoms with van der Waals surface area (Å²) in [6, 6.07) is 0.784. The normalized spacial score (nSPS) is 18.9. The van der Waals surface area contributed by atoms with E-state index in [1.807, 2.05) is 0 Å². The Hall–Kier alpha value is 0.270. The van der Waals surface area contributed by atoms with Crippen LogP contribution in [0.1, 0.15) is 19.8 Å². The Morgan fingerprint density at radius 2 is 2.14 bits per heavy atom.